The summed E-state index contributed by atoms with van der Waals surface area (Å²) in [6, 6.07) is 5.94. The topological polar surface area (TPSA) is 58.6 Å². The number of alkyl carbamates (subject to hydrolysis) is 1. The largest absolute Gasteiger partial charge is 0.444 e. The smallest absolute Gasteiger partial charge is 0.408 e. The van der Waals surface area contributed by atoms with Gasteiger partial charge in [0.2, 0.25) is 5.91 Å². The van der Waals surface area contributed by atoms with Gasteiger partial charge in [0.05, 0.1) is 0 Å². The second kappa shape index (κ2) is 10.6. The van der Waals surface area contributed by atoms with Crippen molar-refractivity contribution in [1.82, 2.24) is 5.32 Å². The number of nitrogens with zero attached hydrogens (tertiary/aromatic N) is 1. The molecule has 31 heavy (non-hydrogen) atoms. The van der Waals surface area contributed by atoms with E-state index in [1.807, 2.05) is 0 Å². The van der Waals surface area contributed by atoms with E-state index < -0.39 is 41.1 Å². The van der Waals surface area contributed by atoms with Gasteiger partial charge < -0.3 is 15.0 Å². The van der Waals surface area contributed by atoms with Crippen LogP contribution < -0.4 is 10.2 Å². The first kappa shape index (κ1) is 26.4. The summed E-state index contributed by atoms with van der Waals surface area (Å²) < 4.78 is 46.3. The summed E-state index contributed by atoms with van der Waals surface area (Å²) in [5.74, 6) is -2.70. The van der Waals surface area contributed by atoms with Crippen molar-refractivity contribution in [3.8, 4) is 0 Å². The average molecular weight is 457 g/mol. The minimum atomic E-state index is -1.20. The van der Waals surface area contributed by atoms with Crippen LogP contribution in [-0.4, -0.2) is 30.7 Å². The van der Waals surface area contributed by atoms with Crippen LogP contribution in [0.25, 0.3) is 0 Å². The van der Waals surface area contributed by atoms with Crippen LogP contribution in [0.3, 0.4) is 0 Å². The number of carbonyl (C=O) groups is 2. The van der Waals surface area contributed by atoms with Crippen LogP contribution in [0.5, 0.6) is 0 Å². The summed E-state index contributed by atoms with van der Waals surface area (Å²) in [6.07, 6.45) is -1.05. The quantitative estimate of drug-likeness (QED) is 0.714. The van der Waals surface area contributed by atoms with Crippen LogP contribution in [0.1, 0.15) is 31.9 Å². The molecule has 0 bridgehead atoms. The first-order chi connectivity index (χ1) is 13.9. The standard InChI is InChI=1S/C22H25F3N2O3.H2S/c1-13-6-7-17(12-18(13)25)27(5)20(28)19(26-21(29)30-22(2,3)4)10-14-8-15(23)11-16(24)9-14;/h6-9,11-12,19H,10H2,1-5H3,(H,26,29);1H2/t19-;/m0./s1. The number of ether oxygens (including phenoxy) is 1. The van der Waals surface area contributed by atoms with Crippen molar-refractivity contribution in [3.05, 3.63) is 65.0 Å². The van der Waals surface area contributed by atoms with E-state index in [-0.39, 0.29) is 31.2 Å². The molecule has 5 nitrogen and oxygen atoms in total. The molecule has 0 aromatic heterocycles. The molecule has 170 valence electrons. The van der Waals surface area contributed by atoms with Gasteiger partial charge >= 0.3 is 6.09 Å². The Morgan fingerprint density at radius 2 is 1.65 bits per heavy atom. The lowest BCUT2D eigenvalue weighted by atomic mass is 10.0. The number of halogens is 3. The number of nitrogens with one attached hydrogen (secondary N) is 1. The Bertz CT molecular complexity index is 928. The number of rotatable bonds is 5. The fourth-order valence-corrected chi connectivity index (χ4v) is 2.77. The molecule has 0 aliphatic carbocycles. The summed E-state index contributed by atoms with van der Waals surface area (Å²) in [7, 11) is 1.42. The summed E-state index contributed by atoms with van der Waals surface area (Å²) in [5, 5.41) is 2.45. The van der Waals surface area contributed by atoms with Gasteiger partial charge in [-0.2, -0.15) is 13.5 Å². The van der Waals surface area contributed by atoms with Crippen molar-refractivity contribution in [3.63, 3.8) is 0 Å². The molecule has 0 saturated carbocycles. The molecule has 1 N–H and O–H groups in total. The van der Waals surface area contributed by atoms with E-state index >= 15 is 0 Å². The zero-order valence-corrected chi connectivity index (χ0v) is 19.1. The molecule has 0 aliphatic heterocycles. The highest BCUT2D eigenvalue weighted by molar-refractivity contribution is 7.59. The highest BCUT2D eigenvalue weighted by atomic mass is 32.1. The molecule has 0 aliphatic rings. The van der Waals surface area contributed by atoms with Gasteiger partial charge in [0.1, 0.15) is 29.1 Å². The number of anilines is 1. The molecule has 2 aromatic carbocycles. The molecule has 0 fully saturated rings. The van der Waals surface area contributed by atoms with Gasteiger partial charge in [-0.1, -0.05) is 6.07 Å². The number of hydrogen-bond donors (Lipinski definition) is 1. The Balaban J connectivity index is 0.00000480. The Morgan fingerprint density at radius 1 is 1.06 bits per heavy atom. The number of amides is 2. The van der Waals surface area contributed by atoms with Crippen LogP contribution >= 0.6 is 13.5 Å². The third-order valence-corrected chi connectivity index (χ3v) is 4.22. The number of likely N-dealkylation sites (N-methyl/N-ethyl adjacent to an activating group) is 1. The Hall–Kier alpha value is -2.68. The van der Waals surface area contributed by atoms with Crippen LogP contribution in [0.15, 0.2) is 36.4 Å². The Labute approximate surface area is 187 Å². The summed E-state index contributed by atoms with van der Waals surface area (Å²) >= 11 is 0. The van der Waals surface area contributed by atoms with Crippen molar-refractivity contribution < 1.29 is 27.5 Å². The van der Waals surface area contributed by atoms with E-state index in [9.17, 15) is 22.8 Å². The van der Waals surface area contributed by atoms with Crippen molar-refractivity contribution in [2.45, 2.75) is 45.8 Å². The zero-order chi connectivity index (χ0) is 22.6. The second-order valence-electron chi connectivity index (χ2n) is 8.01. The molecule has 2 rings (SSSR count). The number of carbonyl (C=O) groups excluding carboxylic acids is 2. The molecule has 0 unspecified atom stereocenters. The van der Waals surface area contributed by atoms with Crippen LogP contribution in [-0.2, 0) is 16.0 Å². The third-order valence-electron chi connectivity index (χ3n) is 4.22. The molecule has 2 amide bonds. The SMILES string of the molecule is Cc1ccc(N(C)C(=O)[C@H](Cc2cc(F)cc(F)c2)NC(=O)OC(C)(C)C)cc1F.S. The summed E-state index contributed by atoms with van der Waals surface area (Å²) in [6.45, 7) is 6.57. The van der Waals surface area contributed by atoms with Gasteiger partial charge in [-0.25, -0.2) is 18.0 Å². The predicted octanol–water partition coefficient (Wildman–Crippen LogP) is 4.62. The van der Waals surface area contributed by atoms with E-state index in [2.05, 4.69) is 5.32 Å². The van der Waals surface area contributed by atoms with Gasteiger partial charge in [0, 0.05) is 25.2 Å². The van der Waals surface area contributed by atoms with Crippen molar-refractivity contribution in [2.24, 2.45) is 0 Å². The lowest BCUT2D eigenvalue weighted by Crippen LogP contribution is -2.50. The monoisotopic (exact) mass is 456 g/mol. The fraction of sp³-hybridized carbons (Fsp3) is 0.364. The average Bonchev–Trinajstić information content (AvgIpc) is 2.59. The van der Waals surface area contributed by atoms with Gasteiger partial charge in [0.15, 0.2) is 0 Å². The van der Waals surface area contributed by atoms with Crippen LogP contribution in [0, 0.1) is 24.4 Å². The molecule has 0 radical (unpaired) electrons. The predicted molar refractivity (Wildman–Crippen MR) is 118 cm³/mol. The molecule has 0 spiro atoms. The molecule has 0 saturated heterocycles. The third kappa shape index (κ3) is 7.82. The molecule has 9 heteroatoms. The highest BCUT2D eigenvalue weighted by Gasteiger charge is 2.28. The molecule has 2 aromatic rings. The minimum absolute atomic E-state index is 0. The lowest BCUT2D eigenvalue weighted by molar-refractivity contribution is -0.120. The van der Waals surface area contributed by atoms with E-state index in [1.165, 1.54) is 24.1 Å². The Kier molecular flexibility index (Phi) is 8.98. The van der Waals surface area contributed by atoms with Gasteiger partial charge in [-0.05, 0) is 63.1 Å². The van der Waals surface area contributed by atoms with E-state index in [0.717, 1.165) is 12.1 Å². The van der Waals surface area contributed by atoms with Crippen LogP contribution in [0.2, 0.25) is 0 Å². The first-order valence-corrected chi connectivity index (χ1v) is 9.34. The summed E-state index contributed by atoms with van der Waals surface area (Å²) in [4.78, 5) is 26.5. The van der Waals surface area contributed by atoms with Crippen molar-refractivity contribution in [2.75, 3.05) is 11.9 Å². The number of aryl methyl sites for hydroxylation is 1. The maximum absolute atomic E-state index is 13.9. The van der Waals surface area contributed by atoms with E-state index in [1.54, 1.807) is 33.8 Å². The number of hydrogen-bond acceptors (Lipinski definition) is 3. The maximum atomic E-state index is 13.9. The van der Waals surface area contributed by atoms with E-state index in [4.69, 9.17) is 4.74 Å². The fourth-order valence-electron chi connectivity index (χ4n) is 2.77. The van der Waals surface area contributed by atoms with Gasteiger partial charge in [-0.3, -0.25) is 4.79 Å². The molecular weight excluding hydrogens is 429 g/mol. The Morgan fingerprint density at radius 3 is 2.16 bits per heavy atom. The van der Waals surface area contributed by atoms with Crippen LogP contribution in [0.4, 0.5) is 23.7 Å². The highest BCUT2D eigenvalue weighted by Crippen LogP contribution is 2.19. The molecular formula is C22H27F3N2O3S. The maximum Gasteiger partial charge on any atom is 0.408 e. The van der Waals surface area contributed by atoms with Gasteiger partial charge in [0.25, 0.3) is 0 Å². The number of benzene rings is 2. The van der Waals surface area contributed by atoms with E-state index in [0.29, 0.717) is 11.6 Å². The van der Waals surface area contributed by atoms with Crippen molar-refractivity contribution in [1.29, 1.82) is 0 Å². The van der Waals surface area contributed by atoms with Crippen molar-refractivity contribution >= 4 is 31.2 Å². The first-order valence-electron chi connectivity index (χ1n) is 9.34. The normalized spacial score (nSPS) is 11.9. The summed E-state index contributed by atoms with van der Waals surface area (Å²) in [5.41, 5.74) is 0.0439. The lowest BCUT2D eigenvalue weighted by Gasteiger charge is -2.27. The van der Waals surface area contributed by atoms with Gasteiger partial charge in [-0.15, -0.1) is 0 Å². The molecule has 0 heterocycles. The minimum Gasteiger partial charge on any atom is -0.444 e. The second-order valence-corrected chi connectivity index (χ2v) is 8.01. The molecule has 1 atom stereocenters. The zero-order valence-electron chi connectivity index (χ0n) is 18.1.